The number of rotatable bonds is 2. The van der Waals surface area contributed by atoms with Crippen LogP contribution in [-0.4, -0.2) is 17.3 Å². The maximum absolute atomic E-state index is 10.3. The Hall–Kier alpha value is -0.570. The molecule has 88 valence electrons. The summed E-state index contributed by atoms with van der Waals surface area (Å²) in [6.07, 6.45) is 1.29. The van der Waals surface area contributed by atoms with E-state index in [4.69, 9.17) is 16.3 Å². The Morgan fingerprint density at radius 3 is 2.81 bits per heavy atom. The molecule has 0 aromatic heterocycles. The van der Waals surface area contributed by atoms with Crippen LogP contribution in [0, 0.1) is 6.92 Å². The van der Waals surface area contributed by atoms with Gasteiger partial charge in [0.15, 0.2) is 0 Å². The summed E-state index contributed by atoms with van der Waals surface area (Å²) in [4.78, 5) is 0. The van der Waals surface area contributed by atoms with Crippen LogP contribution < -0.4 is 0 Å². The first-order chi connectivity index (χ1) is 7.53. The molecule has 0 amide bonds. The minimum Gasteiger partial charge on any atom is -0.385 e. The van der Waals surface area contributed by atoms with Gasteiger partial charge in [-0.15, -0.1) is 0 Å². The number of hydrogen-bond acceptors (Lipinski definition) is 2. The lowest BCUT2D eigenvalue weighted by Crippen LogP contribution is -2.31. The monoisotopic (exact) mass is 240 g/mol. The number of aliphatic hydroxyl groups is 1. The fourth-order valence-electron chi connectivity index (χ4n) is 2.15. The number of benzene rings is 1. The third-order valence-corrected chi connectivity index (χ3v) is 3.75. The van der Waals surface area contributed by atoms with Crippen molar-refractivity contribution in [3.63, 3.8) is 0 Å². The molecular formula is C13H17ClO2. The first-order valence-electron chi connectivity index (χ1n) is 5.61. The Kier molecular flexibility index (Phi) is 3.24. The molecule has 3 heteroatoms. The van der Waals surface area contributed by atoms with E-state index in [1.807, 2.05) is 32.0 Å². The highest BCUT2D eigenvalue weighted by Gasteiger charge is 2.38. The van der Waals surface area contributed by atoms with E-state index in [-0.39, 0.29) is 0 Å². The highest BCUT2D eigenvalue weighted by molar-refractivity contribution is 6.31. The van der Waals surface area contributed by atoms with Crippen LogP contribution in [-0.2, 0) is 4.74 Å². The summed E-state index contributed by atoms with van der Waals surface area (Å²) in [6.45, 7) is 4.64. The zero-order chi connectivity index (χ0) is 11.8. The van der Waals surface area contributed by atoms with Gasteiger partial charge in [0.1, 0.15) is 6.10 Å². The molecule has 1 aromatic carbocycles. The fourth-order valence-corrected chi connectivity index (χ4v) is 2.34. The zero-order valence-corrected chi connectivity index (χ0v) is 10.4. The van der Waals surface area contributed by atoms with E-state index in [0.717, 1.165) is 30.6 Å². The maximum atomic E-state index is 10.3. The predicted molar refractivity (Wildman–Crippen MR) is 64.7 cm³/mol. The van der Waals surface area contributed by atoms with Crippen LogP contribution in [0.1, 0.15) is 37.0 Å². The summed E-state index contributed by atoms with van der Waals surface area (Å²) >= 11 is 6.06. The van der Waals surface area contributed by atoms with Gasteiger partial charge in [-0.25, -0.2) is 0 Å². The summed E-state index contributed by atoms with van der Waals surface area (Å²) < 4.78 is 5.63. The van der Waals surface area contributed by atoms with Crippen LogP contribution in [0.4, 0.5) is 0 Å². The van der Waals surface area contributed by atoms with Gasteiger partial charge in [0, 0.05) is 11.6 Å². The molecule has 0 radical (unpaired) electrons. The highest BCUT2D eigenvalue weighted by Crippen LogP contribution is 2.38. The van der Waals surface area contributed by atoms with Crippen LogP contribution in [0.15, 0.2) is 18.2 Å². The summed E-state index contributed by atoms with van der Waals surface area (Å²) in [7, 11) is 0. The van der Waals surface area contributed by atoms with Gasteiger partial charge in [0.25, 0.3) is 0 Å². The first-order valence-corrected chi connectivity index (χ1v) is 5.99. The Morgan fingerprint density at radius 2 is 2.25 bits per heavy atom. The molecule has 0 spiro atoms. The topological polar surface area (TPSA) is 29.5 Å². The summed E-state index contributed by atoms with van der Waals surface area (Å²) in [5, 5.41) is 11.0. The van der Waals surface area contributed by atoms with Crippen molar-refractivity contribution < 1.29 is 9.84 Å². The maximum Gasteiger partial charge on any atom is 0.108 e. The molecular weight excluding hydrogens is 224 g/mol. The van der Waals surface area contributed by atoms with E-state index in [0.29, 0.717) is 5.02 Å². The Morgan fingerprint density at radius 1 is 1.50 bits per heavy atom. The largest absolute Gasteiger partial charge is 0.385 e. The molecule has 1 aliphatic rings. The number of halogens is 1. The third-order valence-electron chi connectivity index (χ3n) is 3.34. The van der Waals surface area contributed by atoms with E-state index in [2.05, 4.69) is 0 Å². The van der Waals surface area contributed by atoms with Crippen molar-refractivity contribution in [3.05, 3.63) is 34.3 Å². The summed E-state index contributed by atoms with van der Waals surface area (Å²) in [5.74, 6) is 0. The van der Waals surface area contributed by atoms with Crippen molar-refractivity contribution in [1.29, 1.82) is 0 Å². The minimum absolute atomic E-state index is 0.460. The summed E-state index contributed by atoms with van der Waals surface area (Å²) in [5.41, 5.74) is 1.40. The molecule has 1 aromatic rings. The van der Waals surface area contributed by atoms with Gasteiger partial charge >= 0.3 is 0 Å². The standard InChI is InChI=1S/C13H17ClO2/c1-9-4-5-10(8-11(9)14)12(15)13(2)6-3-7-16-13/h4-5,8,12,15H,3,6-7H2,1-2H3. The van der Waals surface area contributed by atoms with Gasteiger partial charge in [-0.2, -0.15) is 0 Å². The van der Waals surface area contributed by atoms with Crippen LogP contribution in [0.3, 0.4) is 0 Å². The molecule has 2 nitrogen and oxygen atoms in total. The smallest absolute Gasteiger partial charge is 0.108 e. The van der Waals surface area contributed by atoms with Gasteiger partial charge in [0.05, 0.1) is 5.60 Å². The molecule has 16 heavy (non-hydrogen) atoms. The normalized spacial score (nSPS) is 27.0. The summed E-state index contributed by atoms with van der Waals surface area (Å²) in [6, 6.07) is 5.67. The van der Waals surface area contributed by atoms with Crippen LogP contribution in [0.25, 0.3) is 0 Å². The quantitative estimate of drug-likeness (QED) is 0.860. The van der Waals surface area contributed by atoms with Crippen LogP contribution in [0.5, 0.6) is 0 Å². The molecule has 1 aliphatic heterocycles. The van der Waals surface area contributed by atoms with Crippen molar-refractivity contribution in [2.75, 3.05) is 6.61 Å². The van der Waals surface area contributed by atoms with Gasteiger partial charge in [-0.05, 0) is 43.9 Å². The molecule has 2 rings (SSSR count). The van der Waals surface area contributed by atoms with Crippen molar-refractivity contribution in [2.45, 2.75) is 38.4 Å². The zero-order valence-electron chi connectivity index (χ0n) is 9.66. The number of ether oxygens (including phenoxy) is 1. The Bertz CT molecular complexity index is 384. The average Bonchev–Trinajstić information content (AvgIpc) is 2.70. The van der Waals surface area contributed by atoms with E-state index in [1.165, 1.54) is 0 Å². The predicted octanol–water partition coefficient (Wildman–Crippen LogP) is 3.25. The van der Waals surface area contributed by atoms with E-state index < -0.39 is 11.7 Å². The molecule has 2 unspecified atom stereocenters. The van der Waals surface area contributed by atoms with Crippen molar-refractivity contribution in [2.24, 2.45) is 0 Å². The Balaban J connectivity index is 2.26. The van der Waals surface area contributed by atoms with E-state index in [9.17, 15) is 5.11 Å². The molecule has 1 N–H and O–H groups in total. The third kappa shape index (κ3) is 2.10. The second kappa shape index (κ2) is 4.36. The van der Waals surface area contributed by atoms with Crippen molar-refractivity contribution >= 4 is 11.6 Å². The van der Waals surface area contributed by atoms with E-state index >= 15 is 0 Å². The minimum atomic E-state index is -0.604. The van der Waals surface area contributed by atoms with Gasteiger partial charge < -0.3 is 9.84 Å². The average molecular weight is 241 g/mol. The molecule has 1 fully saturated rings. The molecule has 1 heterocycles. The lowest BCUT2D eigenvalue weighted by Gasteiger charge is -2.29. The van der Waals surface area contributed by atoms with Crippen LogP contribution in [0.2, 0.25) is 5.02 Å². The fraction of sp³-hybridized carbons (Fsp3) is 0.538. The van der Waals surface area contributed by atoms with Crippen molar-refractivity contribution in [3.8, 4) is 0 Å². The van der Waals surface area contributed by atoms with Crippen molar-refractivity contribution in [1.82, 2.24) is 0 Å². The molecule has 0 bridgehead atoms. The number of aryl methyl sites for hydroxylation is 1. The van der Waals surface area contributed by atoms with Crippen LogP contribution >= 0.6 is 11.6 Å². The molecule has 0 aliphatic carbocycles. The SMILES string of the molecule is Cc1ccc(C(O)C2(C)CCCO2)cc1Cl. The van der Waals surface area contributed by atoms with Gasteiger partial charge in [-0.3, -0.25) is 0 Å². The van der Waals surface area contributed by atoms with Gasteiger partial charge in [0.2, 0.25) is 0 Å². The molecule has 2 atom stereocenters. The Labute approximate surface area is 101 Å². The second-order valence-electron chi connectivity index (χ2n) is 4.68. The molecule has 1 saturated heterocycles. The molecule has 0 saturated carbocycles. The lowest BCUT2D eigenvalue weighted by molar-refractivity contribution is -0.0796. The first kappa shape index (κ1) is 11.9. The second-order valence-corrected chi connectivity index (χ2v) is 5.08. The number of aliphatic hydroxyl groups excluding tert-OH is 1. The lowest BCUT2D eigenvalue weighted by atomic mass is 9.90. The van der Waals surface area contributed by atoms with E-state index in [1.54, 1.807) is 0 Å². The van der Waals surface area contributed by atoms with Gasteiger partial charge in [-0.1, -0.05) is 23.7 Å². The number of hydrogen-bond donors (Lipinski definition) is 1. The highest BCUT2D eigenvalue weighted by atomic mass is 35.5.